The summed E-state index contributed by atoms with van der Waals surface area (Å²) in [7, 11) is 0. The molecule has 0 spiro atoms. The van der Waals surface area contributed by atoms with E-state index in [9.17, 15) is 4.79 Å². The lowest BCUT2D eigenvalue weighted by Crippen LogP contribution is -2.28. The van der Waals surface area contributed by atoms with Gasteiger partial charge in [-0.15, -0.1) is 0 Å². The van der Waals surface area contributed by atoms with Crippen molar-refractivity contribution in [2.75, 3.05) is 6.61 Å². The third-order valence-corrected chi connectivity index (χ3v) is 3.01. The maximum atomic E-state index is 11.7. The lowest BCUT2D eigenvalue weighted by Gasteiger charge is -2.09. The second-order valence-electron chi connectivity index (χ2n) is 4.00. The van der Waals surface area contributed by atoms with E-state index in [0.29, 0.717) is 22.3 Å². The fourth-order valence-corrected chi connectivity index (χ4v) is 1.82. The molecule has 0 bridgehead atoms. The van der Waals surface area contributed by atoms with Crippen LogP contribution in [0.2, 0.25) is 10.0 Å². The van der Waals surface area contributed by atoms with E-state index in [-0.39, 0.29) is 12.5 Å². The van der Waals surface area contributed by atoms with E-state index in [1.54, 1.807) is 30.6 Å². The number of rotatable bonds is 5. The predicted molar refractivity (Wildman–Crippen MR) is 78.0 cm³/mol. The maximum absolute atomic E-state index is 11.7. The number of carbonyl (C=O) groups is 1. The highest BCUT2D eigenvalue weighted by atomic mass is 35.5. The number of carbonyl (C=O) groups excluding carboxylic acids is 1. The Hall–Kier alpha value is -1.78. The number of nitrogens with one attached hydrogen (secondary N) is 1. The van der Waals surface area contributed by atoms with E-state index in [0.717, 1.165) is 5.56 Å². The number of nitrogens with zero attached hydrogens (tertiary/aromatic N) is 1. The van der Waals surface area contributed by atoms with E-state index in [4.69, 9.17) is 27.9 Å². The Morgan fingerprint density at radius 1 is 1.30 bits per heavy atom. The SMILES string of the molecule is O=C(COc1cc(Cl)ccc1Cl)NCc1cccnc1. The number of halogens is 2. The molecule has 1 N–H and O–H groups in total. The lowest BCUT2D eigenvalue weighted by atomic mass is 10.3. The highest BCUT2D eigenvalue weighted by molar-refractivity contribution is 6.34. The van der Waals surface area contributed by atoms with Crippen molar-refractivity contribution < 1.29 is 9.53 Å². The van der Waals surface area contributed by atoms with Gasteiger partial charge in [-0.3, -0.25) is 9.78 Å². The topological polar surface area (TPSA) is 51.2 Å². The number of aromatic nitrogens is 1. The summed E-state index contributed by atoms with van der Waals surface area (Å²) in [5.41, 5.74) is 0.918. The van der Waals surface area contributed by atoms with E-state index < -0.39 is 0 Å². The van der Waals surface area contributed by atoms with Crippen LogP contribution in [0.5, 0.6) is 5.75 Å². The molecular weight excluding hydrogens is 299 g/mol. The predicted octanol–water partition coefficient (Wildman–Crippen LogP) is 3.08. The van der Waals surface area contributed by atoms with Crippen LogP contribution in [0.4, 0.5) is 0 Å². The molecule has 0 unspecified atom stereocenters. The Kier molecular flexibility index (Phi) is 5.21. The van der Waals surface area contributed by atoms with Gasteiger partial charge >= 0.3 is 0 Å². The number of ether oxygens (including phenoxy) is 1. The molecule has 0 radical (unpaired) electrons. The Bertz CT molecular complexity index is 591. The second kappa shape index (κ2) is 7.12. The van der Waals surface area contributed by atoms with Crippen molar-refractivity contribution in [1.82, 2.24) is 10.3 Å². The molecule has 0 aliphatic carbocycles. The summed E-state index contributed by atoms with van der Waals surface area (Å²) in [6.07, 6.45) is 3.37. The highest BCUT2D eigenvalue weighted by Gasteiger charge is 2.06. The quantitative estimate of drug-likeness (QED) is 0.923. The fraction of sp³-hybridized carbons (Fsp3) is 0.143. The van der Waals surface area contributed by atoms with Crippen molar-refractivity contribution in [1.29, 1.82) is 0 Å². The zero-order chi connectivity index (χ0) is 14.4. The molecule has 0 saturated carbocycles. The number of amides is 1. The highest BCUT2D eigenvalue weighted by Crippen LogP contribution is 2.27. The van der Waals surface area contributed by atoms with Crippen molar-refractivity contribution in [3.05, 3.63) is 58.3 Å². The zero-order valence-corrected chi connectivity index (χ0v) is 12.0. The monoisotopic (exact) mass is 310 g/mol. The molecule has 20 heavy (non-hydrogen) atoms. The van der Waals surface area contributed by atoms with Crippen LogP contribution in [0.1, 0.15) is 5.56 Å². The van der Waals surface area contributed by atoms with Gasteiger partial charge in [0, 0.05) is 30.0 Å². The van der Waals surface area contributed by atoms with Crippen molar-refractivity contribution in [2.24, 2.45) is 0 Å². The molecule has 2 rings (SSSR count). The summed E-state index contributed by atoms with van der Waals surface area (Å²) in [5, 5.41) is 3.63. The van der Waals surface area contributed by atoms with Gasteiger partial charge < -0.3 is 10.1 Å². The van der Waals surface area contributed by atoms with Crippen LogP contribution in [-0.2, 0) is 11.3 Å². The van der Waals surface area contributed by atoms with E-state index >= 15 is 0 Å². The van der Waals surface area contributed by atoms with Gasteiger partial charge in [0.25, 0.3) is 5.91 Å². The lowest BCUT2D eigenvalue weighted by molar-refractivity contribution is -0.123. The minimum absolute atomic E-state index is 0.125. The smallest absolute Gasteiger partial charge is 0.258 e. The molecule has 0 aliphatic rings. The molecule has 6 heteroatoms. The van der Waals surface area contributed by atoms with Crippen molar-refractivity contribution in [3.8, 4) is 5.75 Å². The molecule has 1 aromatic heterocycles. The molecule has 0 saturated heterocycles. The Morgan fingerprint density at radius 3 is 2.90 bits per heavy atom. The first kappa shape index (κ1) is 14.6. The minimum Gasteiger partial charge on any atom is -0.482 e. The van der Waals surface area contributed by atoms with Gasteiger partial charge in [-0.2, -0.15) is 0 Å². The average molecular weight is 311 g/mol. The first-order valence-electron chi connectivity index (χ1n) is 5.88. The van der Waals surface area contributed by atoms with Crippen molar-refractivity contribution >= 4 is 29.1 Å². The van der Waals surface area contributed by atoms with Gasteiger partial charge in [-0.25, -0.2) is 0 Å². The normalized spacial score (nSPS) is 10.1. The van der Waals surface area contributed by atoms with Crippen LogP contribution in [0.3, 0.4) is 0 Å². The van der Waals surface area contributed by atoms with Gasteiger partial charge in [0.1, 0.15) is 5.75 Å². The molecule has 1 aromatic carbocycles. The Morgan fingerprint density at radius 2 is 2.15 bits per heavy atom. The minimum atomic E-state index is -0.245. The molecule has 0 atom stereocenters. The van der Waals surface area contributed by atoms with E-state index in [1.807, 2.05) is 12.1 Å². The van der Waals surface area contributed by atoms with E-state index in [2.05, 4.69) is 10.3 Å². The van der Waals surface area contributed by atoms with Crippen LogP contribution in [-0.4, -0.2) is 17.5 Å². The van der Waals surface area contributed by atoms with Gasteiger partial charge in [-0.1, -0.05) is 29.3 Å². The fourth-order valence-electron chi connectivity index (χ4n) is 1.49. The number of benzene rings is 1. The third-order valence-electron chi connectivity index (χ3n) is 2.46. The summed E-state index contributed by atoms with van der Waals surface area (Å²) in [6.45, 7) is 0.277. The molecule has 1 amide bonds. The van der Waals surface area contributed by atoms with Gasteiger partial charge in [0.2, 0.25) is 0 Å². The van der Waals surface area contributed by atoms with Crippen molar-refractivity contribution in [3.63, 3.8) is 0 Å². The van der Waals surface area contributed by atoms with Gasteiger partial charge in [0.05, 0.1) is 5.02 Å². The zero-order valence-electron chi connectivity index (χ0n) is 10.5. The van der Waals surface area contributed by atoms with Crippen LogP contribution in [0, 0.1) is 0 Å². The molecule has 0 fully saturated rings. The van der Waals surface area contributed by atoms with E-state index in [1.165, 1.54) is 0 Å². The van der Waals surface area contributed by atoms with Gasteiger partial charge in [0.15, 0.2) is 6.61 Å². The summed E-state index contributed by atoms with van der Waals surface area (Å²) >= 11 is 11.8. The van der Waals surface area contributed by atoms with Crippen LogP contribution in [0.25, 0.3) is 0 Å². The molecule has 2 aromatic rings. The molecule has 104 valence electrons. The first-order valence-corrected chi connectivity index (χ1v) is 6.64. The van der Waals surface area contributed by atoms with Crippen LogP contribution in [0.15, 0.2) is 42.7 Å². The van der Waals surface area contributed by atoms with Gasteiger partial charge in [-0.05, 0) is 23.8 Å². The number of hydrogen-bond donors (Lipinski definition) is 1. The summed E-state index contributed by atoms with van der Waals surface area (Å²) < 4.78 is 5.32. The summed E-state index contributed by atoms with van der Waals surface area (Å²) in [4.78, 5) is 15.6. The number of pyridine rings is 1. The second-order valence-corrected chi connectivity index (χ2v) is 4.85. The third kappa shape index (κ3) is 4.40. The molecular formula is C14H12Cl2N2O2. The standard InChI is InChI=1S/C14H12Cl2N2O2/c15-11-3-4-12(16)13(6-11)20-9-14(19)18-8-10-2-1-5-17-7-10/h1-7H,8-9H2,(H,18,19). The summed E-state index contributed by atoms with van der Waals surface area (Å²) in [5.74, 6) is 0.139. The molecule has 4 nitrogen and oxygen atoms in total. The first-order chi connectivity index (χ1) is 9.65. The van der Waals surface area contributed by atoms with Crippen molar-refractivity contribution in [2.45, 2.75) is 6.54 Å². The largest absolute Gasteiger partial charge is 0.482 e. The Labute approximate surface area is 126 Å². The summed E-state index contributed by atoms with van der Waals surface area (Å²) in [6, 6.07) is 8.52. The van der Waals surface area contributed by atoms with Crippen LogP contribution < -0.4 is 10.1 Å². The molecule has 0 aliphatic heterocycles. The van der Waals surface area contributed by atoms with Crippen LogP contribution >= 0.6 is 23.2 Å². The average Bonchev–Trinajstić information content (AvgIpc) is 2.47. The maximum Gasteiger partial charge on any atom is 0.258 e. The Balaban J connectivity index is 1.82. The number of hydrogen-bond acceptors (Lipinski definition) is 3. The molecule has 1 heterocycles.